The highest BCUT2D eigenvalue weighted by molar-refractivity contribution is 6.00. The van der Waals surface area contributed by atoms with Gasteiger partial charge in [-0.05, 0) is 0 Å². The van der Waals surface area contributed by atoms with Gasteiger partial charge in [0, 0.05) is 0 Å². The summed E-state index contributed by atoms with van der Waals surface area (Å²) in [5, 5.41) is 4.70. The van der Waals surface area contributed by atoms with E-state index in [9.17, 15) is 19.2 Å². The molecule has 1 heterocycles. The zero-order chi connectivity index (χ0) is 13.7. The van der Waals surface area contributed by atoms with Crippen LogP contribution in [0.1, 0.15) is 12.8 Å². The van der Waals surface area contributed by atoms with Crippen molar-refractivity contribution in [2.75, 3.05) is 14.2 Å². The molecule has 1 aliphatic rings. The topological polar surface area (TPSA) is 111 Å². The molecule has 1 rings (SSSR count). The Morgan fingerprint density at radius 1 is 0.944 bits per heavy atom. The maximum absolute atomic E-state index is 11.6. The number of hydrogen-bond donors (Lipinski definition) is 2. The largest absolute Gasteiger partial charge is 0.469 e. The highest BCUT2D eigenvalue weighted by Gasteiger charge is 2.36. The average Bonchev–Trinajstić information content (AvgIpc) is 2.34. The summed E-state index contributed by atoms with van der Waals surface area (Å²) in [6, 6.07) is -1.95. The summed E-state index contributed by atoms with van der Waals surface area (Å²) in [6.07, 6.45) is -0.502. The van der Waals surface area contributed by atoms with Gasteiger partial charge in [0.1, 0.15) is 12.1 Å². The van der Waals surface area contributed by atoms with E-state index in [4.69, 9.17) is 0 Å². The van der Waals surface area contributed by atoms with Gasteiger partial charge in [-0.25, -0.2) is 0 Å². The number of hydrogen-bond acceptors (Lipinski definition) is 6. The van der Waals surface area contributed by atoms with Gasteiger partial charge in [-0.2, -0.15) is 0 Å². The molecule has 1 aliphatic heterocycles. The Balaban J connectivity index is 2.59. The first-order chi connectivity index (χ1) is 8.47. The second kappa shape index (κ2) is 5.99. The van der Waals surface area contributed by atoms with Crippen LogP contribution in [-0.2, 0) is 28.7 Å². The molecule has 0 spiro atoms. The molecular formula is C10H14N2O6. The van der Waals surface area contributed by atoms with Crippen LogP contribution in [-0.4, -0.2) is 50.1 Å². The Labute approximate surface area is 103 Å². The Bertz CT molecular complexity index is 345. The second-order valence-electron chi connectivity index (χ2n) is 3.68. The first-order valence-electron chi connectivity index (χ1n) is 5.22. The van der Waals surface area contributed by atoms with Crippen molar-refractivity contribution in [3.05, 3.63) is 0 Å². The highest BCUT2D eigenvalue weighted by atomic mass is 16.5. The van der Waals surface area contributed by atoms with Crippen LogP contribution in [0.15, 0.2) is 0 Å². The monoisotopic (exact) mass is 258 g/mol. The van der Waals surface area contributed by atoms with Crippen molar-refractivity contribution >= 4 is 23.8 Å². The third-order valence-corrected chi connectivity index (χ3v) is 2.46. The molecule has 0 aromatic rings. The number of nitrogens with one attached hydrogen (secondary N) is 2. The van der Waals surface area contributed by atoms with Gasteiger partial charge >= 0.3 is 11.9 Å². The van der Waals surface area contributed by atoms with Crippen LogP contribution in [0.5, 0.6) is 0 Å². The van der Waals surface area contributed by atoms with E-state index in [1.165, 1.54) is 14.2 Å². The lowest BCUT2D eigenvalue weighted by Gasteiger charge is -2.28. The van der Waals surface area contributed by atoms with E-state index >= 15 is 0 Å². The molecule has 8 nitrogen and oxygen atoms in total. The van der Waals surface area contributed by atoms with Gasteiger partial charge in [0.2, 0.25) is 11.8 Å². The fourth-order valence-electron chi connectivity index (χ4n) is 1.46. The summed E-state index contributed by atoms with van der Waals surface area (Å²) in [4.78, 5) is 45.2. The van der Waals surface area contributed by atoms with Gasteiger partial charge < -0.3 is 20.1 Å². The molecule has 18 heavy (non-hydrogen) atoms. The summed E-state index contributed by atoms with van der Waals surface area (Å²) >= 11 is 0. The Hall–Kier alpha value is -2.12. The predicted molar refractivity (Wildman–Crippen MR) is 57.1 cm³/mol. The minimum Gasteiger partial charge on any atom is -0.469 e. The second-order valence-corrected chi connectivity index (χ2v) is 3.68. The molecule has 0 bridgehead atoms. The van der Waals surface area contributed by atoms with Crippen LogP contribution < -0.4 is 10.6 Å². The Morgan fingerprint density at radius 3 is 1.56 bits per heavy atom. The number of carbonyl (C=O) groups is 4. The lowest BCUT2D eigenvalue weighted by molar-refractivity contribution is -0.148. The number of rotatable bonds is 4. The quantitative estimate of drug-likeness (QED) is 0.569. The van der Waals surface area contributed by atoms with Gasteiger partial charge in [0.05, 0.1) is 27.1 Å². The molecule has 0 aromatic heterocycles. The van der Waals surface area contributed by atoms with Crippen molar-refractivity contribution < 1.29 is 28.7 Å². The van der Waals surface area contributed by atoms with Crippen LogP contribution in [0.3, 0.4) is 0 Å². The zero-order valence-electron chi connectivity index (χ0n) is 10.0. The number of carbonyl (C=O) groups excluding carboxylic acids is 4. The van der Waals surface area contributed by atoms with Crippen molar-refractivity contribution in [2.24, 2.45) is 0 Å². The number of esters is 2. The van der Waals surface area contributed by atoms with E-state index < -0.39 is 35.8 Å². The highest BCUT2D eigenvalue weighted by Crippen LogP contribution is 2.05. The first-order valence-corrected chi connectivity index (χ1v) is 5.22. The molecule has 0 unspecified atom stereocenters. The lowest BCUT2D eigenvalue weighted by atomic mass is 10.1. The fraction of sp³-hybridized carbons (Fsp3) is 0.600. The Kier molecular flexibility index (Phi) is 4.64. The summed E-state index contributed by atoms with van der Waals surface area (Å²) in [5.74, 6) is -2.29. The summed E-state index contributed by atoms with van der Waals surface area (Å²) < 4.78 is 8.80. The van der Waals surface area contributed by atoms with Crippen molar-refractivity contribution in [3.63, 3.8) is 0 Å². The maximum atomic E-state index is 11.6. The van der Waals surface area contributed by atoms with E-state index in [1.54, 1.807) is 0 Å². The molecule has 0 saturated carbocycles. The summed E-state index contributed by atoms with van der Waals surface area (Å²) in [5.41, 5.74) is 0. The molecule has 0 aliphatic carbocycles. The van der Waals surface area contributed by atoms with E-state index in [0.717, 1.165) is 0 Å². The van der Waals surface area contributed by atoms with Crippen LogP contribution in [0.2, 0.25) is 0 Å². The maximum Gasteiger partial charge on any atom is 0.308 e. The molecule has 2 amide bonds. The third-order valence-electron chi connectivity index (χ3n) is 2.46. The van der Waals surface area contributed by atoms with Crippen LogP contribution in [0, 0.1) is 0 Å². The van der Waals surface area contributed by atoms with Crippen LogP contribution in [0.4, 0.5) is 0 Å². The van der Waals surface area contributed by atoms with Gasteiger partial charge in [-0.15, -0.1) is 0 Å². The van der Waals surface area contributed by atoms with E-state index in [-0.39, 0.29) is 12.8 Å². The van der Waals surface area contributed by atoms with Crippen molar-refractivity contribution in [2.45, 2.75) is 24.9 Å². The number of amides is 2. The molecule has 0 radical (unpaired) electrons. The number of piperazine rings is 1. The third kappa shape index (κ3) is 3.44. The van der Waals surface area contributed by atoms with Crippen LogP contribution in [0.25, 0.3) is 0 Å². The molecule has 0 aromatic carbocycles. The molecule has 2 atom stereocenters. The van der Waals surface area contributed by atoms with Crippen molar-refractivity contribution in [1.82, 2.24) is 10.6 Å². The van der Waals surface area contributed by atoms with E-state index in [1.807, 2.05) is 0 Å². The molecule has 8 heteroatoms. The van der Waals surface area contributed by atoms with Crippen LogP contribution >= 0.6 is 0 Å². The van der Waals surface area contributed by atoms with Gasteiger partial charge in [0.25, 0.3) is 0 Å². The summed E-state index contributed by atoms with van der Waals surface area (Å²) in [7, 11) is 2.37. The minimum atomic E-state index is -0.973. The van der Waals surface area contributed by atoms with Crippen molar-refractivity contribution in [3.8, 4) is 0 Å². The standard InChI is InChI=1S/C10H14N2O6/c1-17-7(13)3-5-9(15)12-6(10(16)11-5)4-8(14)18-2/h5-6H,3-4H2,1-2H3,(H,11,16)(H,12,15)/t5-,6-/m0/s1. The smallest absolute Gasteiger partial charge is 0.308 e. The molecule has 1 saturated heterocycles. The van der Waals surface area contributed by atoms with Gasteiger partial charge in [-0.3, -0.25) is 19.2 Å². The first kappa shape index (κ1) is 13.9. The van der Waals surface area contributed by atoms with E-state index in [0.29, 0.717) is 0 Å². The average molecular weight is 258 g/mol. The minimum absolute atomic E-state index is 0.251. The SMILES string of the molecule is COC(=O)C[C@@H]1NC(=O)[C@H](CC(=O)OC)NC1=O. The van der Waals surface area contributed by atoms with Crippen molar-refractivity contribution in [1.29, 1.82) is 0 Å². The molecule has 100 valence electrons. The molecule has 1 fully saturated rings. The van der Waals surface area contributed by atoms with E-state index in [2.05, 4.69) is 20.1 Å². The summed E-state index contributed by atoms with van der Waals surface area (Å²) in [6.45, 7) is 0. The lowest BCUT2D eigenvalue weighted by Crippen LogP contribution is -2.62. The van der Waals surface area contributed by atoms with Gasteiger partial charge in [0.15, 0.2) is 0 Å². The molecule has 2 N–H and O–H groups in total. The normalized spacial score (nSPS) is 22.8. The predicted octanol–water partition coefficient (Wildman–Crippen LogP) is -1.90. The fourth-order valence-corrected chi connectivity index (χ4v) is 1.46. The van der Waals surface area contributed by atoms with Gasteiger partial charge in [-0.1, -0.05) is 0 Å². The number of methoxy groups -OCH3 is 2. The molecular weight excluding hydrogens is 244 g/mol. The Morgan fingerprint density at radius 2 is 1.28 bits per heavy atom. The zero-order valence-corrected chi connectivity index (χ0v) is 10.0. The number of ether oxygens (including phenoxy) is 2.